The molecule has 6 N–H and O–H groups in total. The van der Waals surface area contributed by atoms with Crippen molar-refractivity contribution < 1.29 is 22.9 Å². The maximum atomic E-state index is 10.1. The molecule has 0 saturated heterocycles. The van der Waals surface area contributed by atoms with Crippen molar-refractivity contribution in [3.8, 4) is 0 Å². The van der Waals surface area contributed by atoms with E-state index in [-0.39, 0.29) is 0 Å². The first-order valence-corrected chi connectivity index (χ1v) is 4.02. The molecule has 0 spiro atoms. The molecule has 0 rings (SSSR count). The molecule has 0 heterocycles. The zero-order valence-corrected chi connectivity index (χ0v) is 6.21. The van der Waals surface area contributed by atoms with Crippen molar-refractivity contribution in [2.24, 2.45) is 11.5 Å². The normalized spacial score (nSPS) is 13.0. The van der Waals surface area contributed by atoms with Crippen molar-refractivity contribution in [1.82, 2.24) is 0 Å². The first-order valence-electron chi connectivity index (χ1n) is 2.41. The van der Waals surface area contributed by atoms with Gasteiger partial charge in [-0.3, -0.25) is 4.55 Å². The highest BCUT2D eigenvalue weighted by atomic mass is 32.2. The van der Waals surface area contributed by atoms with Crippen LogP contribution < -0.4 is 11.5 Å². The predicted octanol–water partition coefficient (Wildman–Crippen LogP) is -2.43. The number of carboxylic acid groups (broad SMARTS) is 1. The van der Waals surface area contributed by atoms with Crippen LogP contribution >= 0.6 is 0 Å². The second kappa shape index (κ2) is 2.74. The molecule has 0 aromatic carbocycles. The Hall–Kier alpha value is -0.700. The SMILES string of the molecule is NC(N)(CS(=O)(=O)O)C(=O)O. The molecule has 7 nitrogen and oxygen atoms in total. The Labute approximate surface area is 62.7 Å². The Morgan fingerprint density at radius 2 is 1.82 bits per heavy atom. The predicted molar refractivity (Wildman–Crippen MR) is 35.2 cm³/mol. The van der Waals surface area contributed by atoms with E-state index in [1.165, 1.54) is 0 Å². The fraction of sp³-hybridized carbons (Fsp3) is 0.667. The van der Waals surface area contributed by atoms with Crippen LogP contribution in [0.3, 0.4) is 0 Å². The summed E-state index contributed by atoms with van der Waals surface area (Å²) in [5.74, 6) is -2.91. The number of carbonyl (C=O) groups is 1. The van der Waals surface area contributed by atoms with Crippen LogP contribution in [0.15, 0.2) is 0 Å². The van der Waals surface area contributed by atoms with Gasteiger partial charge in [-0.2, -0.15) is 8.42 Å². The first kappa shape index (κ1) is 10.3. The van der Waals surface area contributed by atoms with Gasteiger partial charge < -0.3 is 16.6 Å². The molecule has 0 aliphatic heterocycles. The standard InChI is InChI=1S/C3H8N2O5S/c4-3(5,2(6)7)1-11(8,9)10/h1,4-5H2,(H,6,7)(H,8,9,10). The molecule has 0 aliphatic rings. The van der Waals surface area contributed by atoms with Crippen LogP contribution in [0.25, 0.3) is 0 Å². The average Bonchev–Trinajstić information content (AvgIpc) is 1.56. The minimum absolute atomic E-state index is 1.21. The Morgan fingerprint density at radius 1 is 1.45 bits per heavy atom. The van der Waals surface area contributed by atoms with Crippen molar-refractivity contribution >= 4 is 16.1 Å². The second-order valence-electron chi connectivity index (χ2n) is 2.07. The molecule has 0 atom stereocenters. The van der Waals surface area contributed by atoms with Crippen LogP contribution in [0.1, 0.15) is 0 Å². The van der Waals surface area contributed by atoms with Crippen LogP contribution in [0.4, 0.5) is 0 Å². The van der Waals surface area contributed by atoms with Gasteiger partial charge in [0.05, 0.1) is 0 Å². The van der Waals surface area contributed by atoms with E-state index in [4.69, 9.17) is 21.1 Å². The van der Waals surface area contributed by atoms with E-state index >= 15 is 0 Å². The molecule has 8 heteroatoms. The van der Waals surface area contributed by atoms with Gasteiger partial charge in [-0.05, 0) is 0 Å². The molecule has 0 aliphatic carbocycles. The van der Waals surface area contributed by atoms with Crippen LogP contribution in [-0.4, -0.2) is 35.5 Å². The molecule has 0 radical (unpaired) electrons. The van der Waals surface area contributed by atoms with Crippen LogP contribution in [0.5, 0.6) is 0 Å². The maximum Gasteiger partial charge on any atom is 0.339 e. The van der Waals surface area contributed by atoms with Crippen LogP contribution in [-0.2, 0) is 14.9 Å². The summed E-state index contributed by atoms with van der Waals surface area (Å²) in [7, 11) is -4.46. The Kier molecular flexibility index (Phi) is 2.56. The van der Waals surface area contributed by atoms with Gasteiger partial charge in [0.25, 0.3) is 10.1 Å². The van der Waals surface area contributed by atoms with Crippen molar-refractivity contribution in [1.29, 1.82) is 0 Å². The third-order valence-electron chi connectivity index (χ3n) is 0.819. The maximum absolute atomic E-state index is 10.1. The third-order valence-corrected chi connectivity index (χ3v) is 1.66. The van der Waals surface area contributed by atoms with Crippen molar-refractivity contribution in [3.63, 3.8) is 0 Å². The monoisotopic (exact) mass is 184 g/mol. The molecule has 0 amide bonds. The average molecular weight is 184 g/mol. The molecule has 0 aromatic heterocycles. The van der Waals surface area contributed by atoms with E-state index in [9.17, 15) is 13.2 Å². The van der Waals surface area contributed by atoms with Gasteiger partial charge in [-0.25, -0.2) is 4.79 Å². The number of aliphatic carboxylic acids is 1. The second-order valence-corrected chi connectivity index (χ2v) is 3.52. The summed E-state index contributed by atoms with van der Waals surface area (Å²) in [6.45, 7) is 0. The first-order chi connectivity index (χ1) is 4.65. The van der Waals surface area contributed by atoms with Crippen molar-refractivity contribution in [3.05, 3.63) is 0 Å². The molecule has 0 aromatic rings. The summed E-state index contributed by atoms with van der Waals surface area (Å²) in [5, 5.41) is 8.18. The lowest BCUT2D eigenvalue weighted by atomic mass is 10.2. The van der Waals surface area contributed by atoms with Gasteiger partial charge in [0.1, 0.15) is 5.75 Å². The molecule has 0 unspecified atom stereocenters. The molecule has 11 heavy (non-hydrogen) atoms. The Morgan fingerprint density at radius 3 is 1.91 bits per heavy atom. The highest BCUT2D eigenvalue weighted by Gasteiger charge is 2.34. The summed E-state index contributed by atoms with van der Waals surface area (Å²) in [5.41, 5.74) is 7.13. The summed E-state index contributed by atoms with van der Waals surface area (Å²) in [4.78, 5) is 10.1. The zero-order chi connectivity index (χ0) is 9.28. The smallest absolute Gasteiger partial charge is 0.339 e. The summed E-state index contributed by atoms with van der Waals surface area (Å²) < 4.78 is 28.3. The van der Waals surface area contributed by atoms with Crippen molar-refractivity contribution in [2.45, 2.75) is 5.66 Å². The van der Waals surface area contributed by atoms with Crippen LogP contribution in [0.2, 0.25) is 0 Å². The van der Waals surface area contributed by atoms with E-state index in [2.05, 4.69) is 0 Å². The lowest BCUT2D eigenvalue weighted by molar-refractivity contribution is -0.142. The summed E-state index contributed by atoms with van der Waals surface area (Å²) in [6, 6.07) is 0. The Bertz CT molecular complexity index is 255. The van der Waals surface area contributed by atoms with E-state index in [1.807, 2.05) is 0 Å². The van der Waals surface area contributed by atoms with Gasteiger partial charge in [-0.1, -0.05) is 0 Å². The molecule has 66 valence electrons. The van der Waals surface area contributed by atoms with E-state index in [1.54, 1.807) is 0 Å². The fourth-order valence-corrected chi connectivity index (χ4v) is 1.09. The minimum Gasteiger partial charge on any atom is -0.479 e. The van der Waals surface area contributed by atoms with E-state index < -0.39 is 27.5 Å². The quantitative estimate of drug-likeness (QED) is 0.282. The third kappa shape index (κ3) is 3.88. The number of rotatable bonds is 3. The highest BCUT2D eigenvalue weighted by molar-refractivity contribution is 7.85. The van der Waals surface area contributed by atoms with Crippen LogP contribution in [0, 0.1) is 0 Å². The largest absolute Gasteiger partial charge is 0.479 e. The van der Waals surface area contributed by atoms with Gasteiger partial charge in [0.15, 0.2) is 5.66 Å². The lowest BCUT2D eigenvalue weighted by Gasteiger charge is -2.15. The number of nitrogens with two attached hydrogens (primary N) is 2. The highest BCUT2D eigenvalue weighted by Crippen LogP contribution is 1.95. The van der Waals surface area contributed by atoms with Gasteiger partial charge in [0, 0.05) is 0 Å². The zero-order valence-electron chi connectivity index (χ0n) is 5.39. The summed E-state index contributed by atoms with van der Waals surface area (Å²) >= 11 is 0. The molecular formula is C3H8N2O5S. The lowest BCUT2D eigenvalue weighted by Crippen LogP contribution is -2.60. The molecule has 0 saturated carbocycles. The fourth-order valence-electron chi connectivity index (χ4n) is 0.364. The van der Waals surface area contributed by atoms with Crippen molar-refractivity contribution in [2.75, 3.05) is 5.75 Å². The van der Waals surface area contributed by atoms with E-state index in [0.717, 1.165) is 0 Å². The molecule has 0 bridgehead atoms. The van der Waals surface area contributed by atoms with Gasteiger partial charge in [-0.15, -0.1) is 0 Å². The van der Waals surface area contributed by atoms with Gasteiger partial charge >= 0.3 is 5.97 Å². The molecule has 0 fully saturated rings. The van der Waals surface area contributed by atoms with Gasteiger partial charge in [0.2, 0.25) is 0 Å². The number of hydrogen-bond acceptors (Lipinski definition) is 5. The minimum atomic E-state index is -4.46. The Balaban J connectivity index is 4.51. The van der Waals surface area contributed by atoms with E-state index in [0.29, 0.717) is 0 Å². The molecular weight excluding hydrogens is 176 g/mol. The topological polar surface area (TPSA) is 144 Å². The number of carboxylic acids is 1. The summed E-state index contributed by atoms with van der Waals surface area (Å²) in [6.07, 6.45) is 0. The number of hydrogen-bond donors (Lipinski definition) is 4.